The SMILES string of the molecule is CCCN1CCC(Cc2noc([C@H]3CCOC(C)(C)C3)n2)CC1. The summed E-state index contributed by atoms with van der Waals surface area (Å²) >= 11 is 0. The average Bonchev–Trinajstić information content (AvgIpc) is 2.97. The Morgan fingerprint density at radius 1 is 1.22 bits per heavy atom. The van der Waals surface area contributed by atoms with Crippen LogP contribution in [0.2, 0.25) is 0 Å². The number of likely N-dealkylation sites (tertiary alicyclic amines) is 1. The van der Waals surface area contributed by atoms with Gasteiger partial charge in [0.1, 0.15) is 0 Å². The largest absolute Gasteiger partial charge is 0.376 e. The zero-order valence-corrected chi connectivity index (χ0v) is 14.9. The third-order valence-corrected chi connectivity index (χ3v) is 5.25. The van der Waals surface area contributed by atoms with Crippen LogP contribution in [-0.2, 0) is 11.2 Å². The molecule has 0 aromatic carbocycles. The molecule has 1 aromatic rings. The normalized spacial score (nSPS) is 26.5. The van der Waals surface area contributed by atoms with Crippen LogP contribution in [0.15, 0.2) is 4.52 Å². The fraction of sp³-hybridized carbons (Fsp3) is 0.889. The zero-order valence-electron chi connectivity index (χ0n) is 14.9. The molecular formula is C18H31N3O2. The van der Waals surface area contributed by atoms with E-state index in [0.717, 1.165) is 37.6 Å². The third kappa shape index (κ3) is 4.54. The Bertz CT molecular complexity index is 492. The quantitative estimate of drug-likeness (QED) is 0.832. The second kappa shape index (κ2) is 7.31. The van der Waals surface area contributed by atoms with Gasteiger partial charge in [-0.05, 0) is 71.5 Å². The summed E-state index contributed by atoms with van der Waals surface area (Å²) in [6.45, 7) is 11.0. The third-order valence-electron chi connectivity index (χ3n) is 5.25. The molecule has 2 aliphatic heterocycles. The van der Waals surface area contributed by atoms with Crippen LogP contribution in [0.1, 0.15) is 70.5 Å². The predicted octanol–water partition coefficient (Wildman–Crippen LogP) is 3.41. The van der Waals surface area contributed by atoms with Gasteiger partial charge in [0.2, 0.25) is 5.89 Å². The average molecular weight is 321 g/mol. The summed E-state index contributed by atoms with van der Waals surface area (Å²) in [4.78, 5) is 7.27. The van der Waals surface area contributed by atoms with E-state index in [0.29, 0.717) is 11.8 Å². The van der Waals surface area contributed by atoms with Crippen molar-refractivity contribution in [3.8, 4) is 0 Å². The molecule has 0 amide bonds. The van der Waals surface area contributed by atoms with Gasteiger partial charge in [0.25, 0.3) is 0 Å². The lowest BCUT2D eigenvalue weighted by atomic mass is 9.88. The topological polar surface area (TPSA) is 51.4 Å². The van der Waals surface area contributed by atoms with E-state index in [-0.39, 0.29) is 5.60 Å². The van der Waals surface area contributed by atoms with E-state index in [1.807, 2.05) is 0 Å². The van der Waals surface area contributed by atoms with Crippen LogP contribution in [0.25, 0.3) is 0 Å². The minimum absolute atomic E-state index is 0.0797. The van der Waals surface area contributed by atoms with Crippen molar-refractivity contribution in [2.24, 2.45) is 5.92 Å². The van der Waals surface area contributed by atoms with Gasteiger partial charge in [-0.25, -0.2) is 0 Å². The van der Waals surface area contributed by atoms with Gasteiger partial charge in [-0.2, -0.15) is 4.98 Å². The molecule has 0 bridgehead atoms. The maximum Gasteiger partial charge on any atom is 0.229 e. The molecule has 130 valence electrons. The van der Waals surface area contributed by atoms with Gasteiger partial charge in [-0.15, -0.1) is 0 Å². The summed E-state index contributed by atoms with van der Waals surface area (Å²) in [5.74, 6) is 2.78. The summed E-state index contributed by atoms with van der Waals surface area (Å²) in [6.07, 6.45) is 6.68. The monoisotopic (exact) mass is 321 g/mol. The van der Waals surface area contributed by atoms with Gasteiger partial charge in [0.05, 0.1) is 5.60 Å². The van der Waals surface area contributed by atoms with E-state index < -0.39 is 0 Å². The number of aromatic nitrogens is 2. The van der Waals surface area contributed by atoms with Crippen LogP contribution in [-0.4, -0.2) is 46.9 Å². The fourth-order valence-corrected chi connectivity index (χ4v) is 3.95. The van der Waals surface area contributed by atoms with Gasteiger partial charge in [-0.3, -0.25) is 0 Å². The van der Waals surface area contributed by atoms with E-state index in [2.05, 4.69) is 30.8 Å². The van der Waals surface area contributed by atoms with Gasteiger partial charge >= 0.3 is 0 Å². The summed E-state index contributed by atoms with van der Waals surface area (Å²) in [6, 6.07) is 0. The maximum absolute atomic E-state index is 5.78. The maximum atomic E-state index is 5.78. The number of ether oxygens (including phenoxy) is 1. The first-order valence-corrected chi connectivity index (χ1v) is 9.24. The van der Waals surface area contributed by atoms with E-state index >= 15 is 0 Å². The van der Waals surface area contributed by atoms with Crippen molar-refractivity contribution in [1.29, 1.82) is 0 Å². The molecule has 2 fully saturated rings. The zero-order chi connectivity index (χ0) is 16.3. The summed E-state index contributed by atoms with van der Waals surface area (Å²) < 4.78 is 11.4. The molecule has 2 aliphatic rings. The molecule has 0 aliphatic carbocycles. The second-order valence-corrected chi connectivity index (χ2v) is 7.84. The molecule has 1 atom stereocenters. The highest BCUT2D eigenvalue weighted by molar-refractivity contribution is 4.99. The van der Waals surface area contributed by atoms with E-state index in [4.69, 9.17) is 14.2 Å². The van der Waals surface area contributed by atoms with E-state index in [1.54, 1.807) is 0 Å². The molecule has 3 rings (SSSR count). The van der Waals surface area contributed by atoms with Gasteiger partial charge in [-0.1, -0.05) is 12.1 Å². The Hall–Kier alpha value is -0.940. The molecule has 2 saturated heterocycles. The molecule has 1 aromatic heterocycles. The lowest BCUT2D eigenvalue weighted by molar-refractivity contribution is -0.0627. The lowest BCUT2D eigenvalue weighted by Crippen LogP contribution is -2.34. The first-order chi connectivity index (χ1) is 11.1. The van der Waals surface area contributed by atoms with Crippen molar-refractivity contribution < 1.29 is 9.26 Å². The van der Waals surface area contributed by atoms with Crippen LogP contribution in [0.5, 0.6) is 0 Å². The number of hydrogen-bond donors (Lipinski definition) is 0. The molecule has 23 heavy (non-hydrogen) atoms. The van der Waals surface area contributed by atoms with Crippen molar-refractivity contribution in [1.82, 2.24) is 15.0 Å². The van der Waals surface area contributed by atoms with Crippen molar-refractivity contribution in [2.45, 2.75) is 70.8 Å². The number of hydrogen-bond acceptors (Lipinski definition) is 5. The Balaban J connectivity index is 1.52. The Kier molecular flexibility index (Phi) is 5.37. The molecule has 5 nitrogen and oxygen atoms in total. The molecule has 0 N–H and O–H groups in total. The second-order valence-electron chi connectivity index (χ2n) is 7.84. The first kappa shape index (κ1) is 16.9. The van der Waals surface area contributed by atoms with Crippen molar-refractivity contribution in [2.75, 3.05) is 26.2 Å². The number of piperidine rings is 1. The minimum atomic E-state index is -0.0797. The first-order valence-electron chi connectivity index (χ1n) is 9.24. The standard InChI is InChI=1S/C18H31N3O2/c1-4-8-21-9-5-14(6-10-21)12-16-19-17(23-20-16)15-7-11-22-18(2,3)13-15/h14-15H,4-13H2,1-3H3/t15-/m0/s1. The predicted molar refractivity (Wildman–Crippen MR) is 89.5 cm³/mol. The lowest BCUT2D eigenvalue weighted by Gasteiger charge is -2.33. The van der Waals surface area contributed by atoms with Gasteiger partial charge < -0.3 is 14.2 Å². The Morgan fingerprint density at radius 3 is 2.70 bits per heavy atom. The van der Waals surface area contributed by atoms with Crippen LogP contribution in [0.4, 0.5) is 0 Å². The highest BCUT2D eigenvalue weighted by atomic mass is 16.5. The van der Waals surface area contributed by atoms with Crippen LogP contribution in [0.3, 0.4) is 0 Å². The smallest absolute Gasteiger partial charge is 0.229 e. The van der Waals surface area contributed by atoms with E-state index in [1.165, 1.54) is 38.9 Å². The molecule has 0 spiro atoms. The fourth-order valence-electron chi connectivity index (χ4n) is 3.95. The Labute approximate surface area is 139 Å². The molecule has 5 heteroatoms. The minimum Gasteiger partial charge on any atom is -0.376 e. The molecular weight excluding hydrogens is 290 g/mol. The van der Waals surface area contributed by atoms with Crippen molar-refractivity contribution >= 4 is 0 Å². The van der Waals surface area contributed by atoms with Crippen molar-refractivity contribution in [3.63, 3.8) is 0 Å². The van der Waals surface area contributed by atoms with Crippen LogP contribution < -0.4 is 0 Å². The summed E-state index contributed by atoms with van der Waals surface area (Å²) in [5, 5.41) is 4.25. The van der Waals surface area contributed by atoms with Crippen LogP contribution >= 0.6 is 0 Å². The number of nitrogens with zero attached hydrogens (tertiary/aromatic N) is 3. The molecule has 3 heterocycles. The molecule has 0 radical (unpaired) electrons. The Morgan fingerprint density at radius 2 is 2.00 bits per heavy atom. The van der Waals surface area contributed by atoms with Gasteiger partial charge in [0, 0.05) is 18.9 Å². The van der Waals surface area contributed by atoms with Gasteiger partial charge in [0.15, 0.2) is 5.82 Å². The highest BCUT2D eigenvalue weighted by Crippen LogP contribution is 2.35. The number of rotatable bonds is 5. The van der Waals surface area contributed by atoms with Crippen LogP contribution in [0, 0.1) is 5.92 Å². The molecule has 0 saturated carbocycles. The van der Waals surface area contributed by atoms with Crippen molar-refractivity contribution in [3.05, 3.63) is 11.7 Å². The highest BCUT2D eigenvalue weighted by Gasteiger charge is 2.33. The molecule has 0 unspecified atom stereocenters. The van der Waals surface area contributed by atoms with E-state index in [9.17, 15) is 0 Å². The summed E-state index contributed by atoms with van der Waals surface area (Å²) in [7, 11) is 0. The summed E-state index contributed by atoms with van der Waals surface area (Å²) in [5.41, 5.74) is -0.0797.